The molecule has 2 aliphatic carbocycles. The number of carbonyl (C=O) groups excluding carboxylic acids is 1. The topological polar surface area (TPSA) is 26.3 Å². The van der Waals surface area contributed by atoms with E-state index in [-0.39, 0.29) is 17.0 Å². The summed E-state index contributed by atoms with van der Waals surface area (Å²) in [6.45, 7) is 5.76. The van der Waals surface area contributed by atoms with Crippen LogP contribution in [0.25, 0.3) is 0 Å². The Morgan fingerprint density at radius 3 is 2.38 bits per heavy atom. The van der Waals surface area contributed by atoms with E-state index < -0.39 is 17.6 Å². The number of fused-ring (bicyclic) bond motifs is 1. The lowest BCUT2D eigenvalue weighted by Crippen LogP contribution is -2.31. The zero-order chi connectivity index (χ0) is 22.7. The molecule has 0 aliphatic heterocycles. The summed E-state index contributed by atoms with van der Waals surface area (Å²) in [5, 5.41) is 0. The van der Waals surface area contributed by atoms with Gasteiger partial charge < -0.3 is 4.74 Å². The number of hydrogen-bond acceptors (Lipinski definition) is 2. The van der Waals surface area contributed by atoms with E-state index in [1.165, 1.54) is 19.3 Å². The van der Waals surface area contributed by atoms with Crippen molar-refractivity contribution in [1.29, 1.82) is 0 Å². The van der Waals surface area contributed by atoms with E-state index >= 15 is 8.78 Å². The van der Waals surface area contributed by atoms with Crippen LogP contribution in [0.1, 0.15) is 78.8 Å². The summed E-state index contributed by atoms with van der Waals surface area (Å²) in [4.78, 5) is 12.4. The van der Waals surface area contributed by atoms with E-state index in [1.54, 1.807) is 12.1 Å². The summed E-state index contributed by atoms with van der Waals surface area (Å²) in [7, 11) is 0. The van der Waals surface area contributed by atoms with Crippen molar-refractivity contribution in [3.8, 4) is 5.75 Å². The summed E-state index contributed by atoms with van der Waals surface area (Å²) in [5.74, 6) is 0.185. The first-order valence-electron chi connectivity index (χ1n) is 11.8. The van der Waals surface area contributed by atoms with E-state index in [0.717, 1.165) is 55.7 Å². The van der Waals surface area contributed by atoms with Crippen LogP contribution in [-0.2, 0) is 0 Å². The standard InChI is InChI=1S/C28H32F2O2/c1-3-4-5-19-8-9-21-15-22(11-10-20(21)14-19)27-25(29)16-23(17-26(27)30)28(31)32-24-12-6-18(2)7-13-24/h3,6-7,12-13,16-17,19-22H,1,4-5,8-11,14-15H2,2H3. The minimum absolute atomic E-state index is 0.0965. The number of rotatable bonds is 6. The number of benzene rings is 2. The molecule has 0 aromatic heterocycles. The number of esters is 1. The van der Waals surface area contributed by atoms with Crippen LogP contribution in [0, 0.1) is 36.3 Å². The van der Waals surface area contributed by atoms with Crippen LogP contribution in [0.15, 0.2) is 49.1 Å². The Morgan fingerprint density at radius 1 is 1.03 bits per heavy atom. The highest BCUT2D eigenvalue weighted by molar-refractivity contribution is 5.91. The Bertz CT molecular complexity index is 943. The van der Waals surface area contributed by atoms with Crippen LogP contribution in [0.4, 0.5) is 8.78 Å². The van der Waals surface area contributed by atoms with Gasteiger partial charge in [0.15, 0.2) is 0 Å². The molecule has 0 radical (unpaired) electrons. The second kappa shape index (κ2) is 9.97. The van der Waals surface area contributed by atoms with Gasteiger partial charge >= 0.3 is 5.97 Å². The summed E-state index contributed by atoms with van der Waals surface area (Å²) in [6.07, 6.45) is 10.5. The Labute approximate surface area is 189 Å². The van der Waals surface area contributed by atoms with E-state index in [9.17, 15) is 4.79 Å². The minimum atomic E-state index is -0.750. The third kappa shape index (κ3) is 5.11. The monoisotopic (exact) mass is 438 g/mol. The number of allylic oxidation sites excluding steroid dienone is 1. The van der Waals surface area contributed by atoms with Crippen LogP contribution in [-0.4, -0.2) is 5.97 Å². The molecule has 32 heavy (non-hydrogen) atoms. The Kier molecular flexibility index (Phi) is 7.07. The third-order valence-corrected chi connectivity index (χ3v) is 7.46. The van der Waals surface area contributed by atoms with Crippen LogP contribution in [0.5, 0.6) is 5.75 Å². The largest absolute Gasteiger partial charge is 0.423 e. The molecule has 0 bridgehead atoms. The first kappa shape index (κ1) is 22.7. The van der Waals surface area contributed by atoms with E-state index in [0.29, 0.717) is 17.6 Å². The van der Waals surface area contributed by atoms with Crippen molar-refractivity contribution in [3.63, 3.8) is 0 Å². The first-order valence-corrected chi connectivity index (χ1v) is 11.8. The molecule has 2 saturated carbocycles. The fourth-order valence-electron chi connectivity index (χ4n) is 5.73. The molecule has 2 aromatic rings. The minimum Gasteiger partial charge on any atom is -0.423 e. The van der Waals surface area contributed by atoms with Gasteiger partial charge in [0.2, 0.25) is 0 Å². The van der Waals surface area contributed by atoms with Crippen molar-refractivity contribution < 1.29 is 18.3 Å². The normalized spacial score (nSPS) is 25.1. The van der Waals surface area contributed by atoms with Crippen LogP contribution in [0.3, 0.4) is 0 Å². The molecule has 4 rings (SSSR count). The van der Waals surface area contributed by atoms with Crippen molar-refractivity contribution >= 4 is 5.97 Å². The SMILES string of the molecule is C=CCCC1CCC2CC(c3c(F)cc(C(=O)Oc4ccc(C)cc4)cc3F)CCC2C1. The Balaban J connectivity index is 1.43. The molecular weight excluding hydrogens is 406 g/mol. The zero-order valence-electron chi connectivity index (χ0n) is 18.8. The van der Waals surface area contributed by atoms with E-state index in [1.807, 2.05) is 25.1 Å². The van der Waals surface area contributed by atoms with Crippen molar-refractivity contribution in [1.82, 2.24) is 0 Å². The van der Waals surface area contributed by atoms with Gasteiger partial charge in [0.25, 0.3) is 0 Å². The van der Waals surface area contributed by atoms with Crippen LogP contribution < -0.4 is 4.74 Å². The van der Waals surface area contributed by atoms with Crippen molar-refractivity contribution in [2.24, 2.45) is 17.8 Å². The lowest BCUT2D eigenvalue weighted by molar-refractivity contribution is 0.0733. The predicted octanol–water partition coefficient (Wildman–Crippen LogP) is 7.76. The lowest BCUT2D eigenvalue weighted by Gasteiger charge is -2.42. The maximum Gasteiger partial charge on any atom is 0.343 e. The molecule has 0 saturated heterocycles. The summed E-state index contributed by atoms with van der Waals surface area (Å²) >= 11 is 0. The molecule has 0 heterocycles. The van der Waals surface area contributed by atoms with Gasteiger partial charge in [-0.25, -0.2) is 13.6 Å². The highest BCUT2D eigenvalue weighted by Crippen LogP contribution is 2.49. The molecule has 0 amide bonds. The van der Waals surface area contributed by atoms with Gasteiger partial charge in [0.05, 0.1) is 5.56 Å². The fourth-order valence-corrected chi connectivity index (χ4v) is 5.73. The number of ether oxygens (including phenoxy) is 1. The molecular formula is C28H32F2O2. The van der Waals surface area contributed by atoms with Crippen molar-refractivity contribution in [2.45, 2.75) is 64.2 Å². The number of hydrogen-bond donors (Lipinski definition) is 0. The number of aryl methyl sites for hydroxylation is 1. The summed E-state index contributed by atoms with van der Waals surface area (Å²) in [6, 6.07) is 9.23. The van der Waals surface area contributed by atoms with Gasteiger partial charge in [-0.05, 0) is 99.8 Å². The molecule has 2 nitrogen and oxygen atoms in total. The molecule has 0 N–H and O–H groups in total. The van der Waals surface area contributed by atoms with E-state index in [4.69, 9.17) is 4.74 Å². The first-order chi connectivity index (χ1) is 15.4. The highest BCUT2D eigenvalue weighted by Gasteiger charge is 2.37. The smallest absolute Gasteiger partial charge is 0.343 e. The van der Waals surface area contributed by atoms with Gasteiger partial charge in [-0.2, -0.15) is 0 Å². The zero-order valence-corrected chi connectivity index (χ0v) is 18.8. The highest BCUT2D eigenvalue weighted by atomic mass is 19.1. The Hall–Kier alpha value is -2.49. The number of carbonyl (C=O) groups is 1. The summed E-state index contributed by atoms with van der Waals surface area (Å²) in [5.41, 5.74) is 1.08. The molecule has 4 atom stereocenters. The van der Waals surface area contributed by atoms with Gasteiger partial charge in [-0.15, -0.1) is 6.58 Å². The van der Waals surface area contributed by atoms with Gasteiger partial charge in [-0.1, -0.05) is 30.2 Å². The van der Waals surface area contributed by atoms with Gasteiger partial charge in [-0.3, -0.25) is 0 Å². The second-order valence-corrected chi connectivity index (χ2v) is 9.63. The average Bonchev–Trinajstić information content (AvgIpc) is 2.78. The fraction of sp³-hybridized carbons (Fsp3) is 0.464. The quantitative estimate of drug-likeness (QED) is 0.262. The molecule has 170 valence electrons. The van der Waals surface area contributed by atoms with Crippen molar-refractivity contribution in [3.05, 3.63) is 77.4 Å². The number of halogens is 2. The maximum atomic E-state index is 15.0. The molecule has 2 aromatic carbocycles. The Morgan fingerprint density at radius 2 is 1.69 bits per heavy atom. The van der Waals surface area contributed by atoms with Crippen molar-refractivity contribution in [2.75, 3.05) is 0 Å². The maximum absolute atomic E-state index is 15.0. The molecule has 2 fully saturated rings. The van der Waals surface area contributed by atoms with E-state index in [2.05, 4.69) is 6.58 Å². The molecule has 0 spiro atoms. The molecule has 4 heteroatoms. The third-order valence-electron chi connectivity index (χ3n) is 7.46. The summed E-state index contributed by atoms with van der Waals surface area (Å²) < 4.78 is 35.3. The van der Waals surface area contributed by atoms with Gasteiger partial charge in [0.1, 0.15) is 17.4 Å². The lowest BCUT2D eigenvalue weighted by atomic mass is 9.63. The molecule has 4 unspecified atom stereocenters. The average molecular weight is 439 g/mol. The second-order valence-electron chi connectivity index (χ2n) is 9.63. The van der Waals surface area contributed by atoms with Crippen LogP contribution in [0.2, 0.25) is 0 Å². The van der Waals surface area contributed by atoms with Crippen LogP contribution >= 0.6 is 0 Å². The van der Waals surface area contributed by atoms with Gasteiger partial charge in [0, 0.05) is 5.56 Å². The molecule has 2 aliphatic rings. The predicted molar refractivity (Wildman–Crippen MR) is 123 cm³/mol.